The van der Waals surface area contributed by atoms with E-state index >= 15 is 0 Å². The standard InChI is InChI=1S/C9H12N.Li/c1-2-10-8-9-6-4-3-5-7-9;/h3-7H,2,8H2,1H3;/q-1;+1. The van der Waals surface area contributed by atoms with E-state index in [1.165, 1.54) is 5.56 Å². The maximum atomic E-state index is 4.24. The molecular weight excluding hydrogens is 129 g/mol. The molecule has 0 amide bonds. The van der Waals surface area contributed by atoms with Crippen LogP contribution in [0.4, 0.5) is 0 Å². The van der Waals surface area contributed by atoms with Gasteiger partial charge in [-0.15, -0.1) is 6.54 Å². The van der Waals surface area contributed by atoms with Gasteiger partial charge in [-0.2, -0.15) is 6.54 Å². The zero-order valence-electron chi connectivity index (χ0n) is 7.25. The van der Waals surface area contributed by atoms with Crippen molar-refractivity contribution in [1.82, 2.24) is 0 Å². The summed E-state index contributed by atoms with van der Waals surface area (Å²) in [5.74, 6) is 0. The minimum Gasteiger partial charge on any atom is -0.659 e. The molecule has 0 fully saturated rings. The molecule has 1 nitrogen and oxygen atoms in total. The van der Waals surface area contributed by atoms with Gasteiger partial charge < -0.3 is 5.32 Å². The monoisotopic (exact) mass is 141 g/mol. The summed E-state index contributed by atoms with van der Waals surface area (Å²) < 4.78 is 0. The summed E-state index contributed by atoms with van der Waals surface area (Å²) in [5.41, 5.74) is 1.30. The van der Waals surface area contributed by atoms with Gasteiger partial charge in [0.25, 0.3) is 0 Å². The summed E-state index contributed by atoms with van der Waals surface area (Å²) >= 11 is 0. The van der Waals surface area contributed by atoms with Crippen LogP contribution in [0.25, 0.3) is 5.32 Å². The summed E-state index contributed by atoms with van der Waals surface area (Å²) in [7, 11) is 0. The van der Waals surface area contributed by atoms with Gasteiger partial charge in [0, 0.05) is 0 Å². The molecule has 0 aliphatic rings. The van der Waals surface area contributed by atoms with Gasteiger partial charge in [0.15, 0.2) is 0 Å². The molecule has 0 N–H and O–H groups in total. The molecule has 0 radical (unpaired) electrons. The van der Waals surface area contributed by atoms with E-state index in [2.05, 4.69) is 24.4 Å². The number of benzene rings is 1. The molecule has 0 heterocycles. The Kier molecular flexibility index (Phi) is 6.35. The Bertz CT molecular complexity index is 174. The second-order valence-corrected chi connectivity index (χ2v) is 2.18. The van der Waals surface area contributed by atoms with Crippen molar-refractivity contribution in [2.45, 2.75) is 13.5 Å². The van der Waals surface area contributed by atoms with Crippen LogP contribution in [-0.2, 0) is 6.54 Å². The molecule has 54 valence electrons. The third-order valence-electron chi connectivity index (χ3n) is 1.36. The molecule has 0 saturated carbocycles. The maximum Gasteiger partial charge on any atom is 1.00 e. The van der Waals surface area contributed by atoms with Crippen molar-refractivity contribution in [3.05, 3.63) is 41.2 Å². The van der Waals surface area contributed by atoms with Crippen molar-refractivity contribution in [3.8, 4) is 0 Å². The van der Waals surface area contributed by atoms with Crippen LogP contribution in [0, 0.1) is 0 Å². The fourth-order valence-electron chi connectivity index (χ4n) is 0.824. The predicted molar refractivity (Wildman–Crippen MR) is 44.0 cm³/mol. The number of nitrogens with zero attached hydrogens (tertiary/aromatic N) is 1. The Morgan fingerprint density at radius 1 is 1.18 bits per heavy atom. The van der Waals surface area contributed by atoms with Crippen LogP contribution in [0.1, 0.15) is 12.5 Å². The van der Waals surface area contributed by atoms with Crippen LogP contribution in [-0.4, -0.2) is 6.54 Å². The van der Waals surface area contributed by atoms with E-state index in [0.717, 1.165) is 13.1 Å². The minimum absolute atomic E-state index is 0. The van der Waals surface area contributed by atoms with Crippen LogP contribution in [0.5, 0.6) is 0 Å². The van der Waals surface area contributed by atoms with Crippen molar-refractivity contribution >= 4 is 0 Å². The zero-order valence-corrected chi connectivity index (χ0v) is 7.25. The van der Waals surface area contributed by atoms with E-state index in [9.17, 15) is 0 Å². The summed E-state index contributed by atoms with van der Waals surface area (Å²) in [6.45, 7) is 3.83. The molecule has 0 saturated heterocycles. The van der Waals surface area contributed by atoms with E-state index in [4.69, 9.17) is 0 Å². The molecule has 0 aliphatic heterocycles. The second kappa shape index (κ2) is 6.49. The first-order valence-corrected chi connectivity index (χ1v) is 3.60. The molecule has 0 bridgehead atoms. The fraction of sp³-hybridized carbons (Fsp3) is 0.333. The third-order valence-corrected chi connectivity index (χ3v) is 1.36. The van der Waals surface area contributed by atoms with Crippen LogP contribution in [0.15, 0.2) is 30.3 Å². The Labute approximate surface area is 80.4 Å². The summed E-state index contributed by atoms with van der Waals surface area (Å²) in [4.78, 5) is 0. The average Bonchev–Trinajstić information content (AvgIpc) is 2.03. The van der Waals surface area contributed by atoms with E-state index in [1.54, 1.807) is 0 Å². The quantitative estimate of drug-likeness (QED) is 0.508. The van der Waals surface area contributed by atoms with Crippen molar-refractivity contribution in [2.75, 3.05) is 6.54 Å². The SMILES string of the molecule is CC[N-]Cc1ccccc1.[Li+]. The van der Waals surface area contributed by atoms with Crippen molar-refractivity contribution in [3.63, 3.8) is 0 Å². The smallest absolute Gasteiger partial charge is 0.659 e. The molecule has 1 rings (SSSR count). The van der Waals surface area contributed by atoms with Gasteiger partial charge in [-0.25, -0.2) is 0 Å². The van der Waals surface area contributed by atoms with Crippen molar-refractivity contribution in [2.24, 2.45) is 0 Å². The number of hydrogen-bond acceptors (Lipinski definition) is 0. The van der Waals surface area contributed by atoms with Crippen LogP contribution < -0.4 is 18.9 Å². The molecule has 2 heteroatoms. The number of rotatable bonds is 3. The molecule has 11 heavy (non-hydrogen) atoms. The van der Waals surface area contributed by atoms with E-state index in [1.807, 2.05) is 18.2 Å². The number of hydrogen-bond donors (Lipinski definition) is 0. The van der Waals surface area contributed by atoms with E-state index < -0.39 is 0 Å². The zero-order chi connectivity index (χ0) is 7.23. The molecule has 0 aromatic heterocycles. The van der Waals surface area contributed by atoms with Crippen LogP contribution in [0.3, 0.4) is 0 Å². The van der Waals surface area contributed by atoms with Crippen molar-refractivity contribution in [1.29, 1.82) is 0 Å². The van der Waals surface area contributed by atoms with E-state index in [-0.39, 0.29) is 18.9 Å². The Hall–Kier alpha value is -0.223. The van der Waals surface area contributed by atoms with Gasteiger partial charge in [0.2, 0.25) is 0 Å². The first-order chi connectivity index (χ1) is 4.93. The average molecular weight is 141 g/mol. The Balaban J connectivity index is 0.000001000. The Morgan fingerprint density at radius 3 is 2.36 bits per heavy atom. The molecule has 0 spiro atoms. The van der Waals surface area contributed by atoms with Crippen LogP contribution >= 0.6 is 0 Å². The van der Waals surface area contributed by atoms with Gasteiger partial charge in [0.1, 0.15) is 0 Å². The van der Waals surface area contributed by atoms with Gasteiger partial charge in [-0.1, -0.05) is 42.8 Å². The third kappa shape index (κ3) is 4.26. The molecule has 0 atom stereocenters. The summed E-state index contributed by atoms with van der Waals surface area (Å²) in [6.07, 6.45) is 0. The second-order valence-electron chi connectivity index (χ2n) is 2.18. The first-order valence-electron chi connectivity index (χ1n) is 3.60. The van der Waals surface area contributed by atoms with Gasteiger partial charge in [0.05, 0.1) is 0 Å². The molecule has 0 unspecified atom stereocenters. The first kappa shape index (κ1) is 10.8. The van der Waals surface area contributed by atoms with E-state index in [0.29, 0.717) is 0 Å². The van der Waals surface area contributed by atoms with Crippen LogP contribution in [0.2, 0.25) is 0 Å². The predicted octanol–water partition coefficient (Wildman–Crippen LogP) is -0.416. The molecule has 1 aromatic rings. The fourth-order valence-corrected chi connectivity index (χ4v) is 0.824. The van der Waals surface area contributed by atoms with Gasteiger partial charge in [-0.05, 0) is 0 Å². The summed E-state index contributed by atoms with van der Waals surface area (Å²) in [6, 6.07) is 10.3. The largest absolute Gasteiger partial charge is 1.00 e. The topological polar surface area (TPSA) is 14.1 Å². The van der Waals surface area contributed by atoms with Gasteiger partial charge in [-0.3, -0.25) is 0 Å². The molecular formula is C9H12LiN. The molecule has 0 aliphatic carbocycles. The maximum absolute atomic E-state index is 4.24. The molecule has 1 aromatic carbocycles. The summed E-state index contributed by atoms with van der Waals surface area (Å²) in [5, 5.41) is 4.24. The Morgan fingerprint density at radius 2 is 1.82 bits per heavy atom. The minimum atomic E-state index is 0. The normalized spacial score (nSPS) is 8.82. The van der Waals surface area contributed by atoms with Crippen molar-refractivity contribution < 1.29 is 18.9 Å². The van der Waals surface area contributed by atoms with Gasteiger partial charge >= 0.3 is 18.9 Å².